The first-order valence-corrected chi connectivity index (χ1v) is 8.31. The summed E-state index contributed by atoms with van der Waals surface area (Å²) in [6.07, 6.45) is 1.60. The first kappa shape index (κ1) is 18.0. The molecule has 6 nitrogen and oxygen atoms in total. The minimum absolute atomic E-state index is 0.380. The summed E-state index contributed by atoms with van der Waals surface area (Å²) in [7, 11) is 1.32. The van der Waals surface area contributed by atoms with Crippen molar-refractivity contribution in [2.45, 2.75) is 0 Å². The van der Waals surface area contributed by atoms with E-state index in [1.807, 2.05) is 12.1 Å². The van der Waals surface area contributed by atoms with Crippen LogP contribution in [-0.4, -0.2) is 23.0 Å². The lowest BCUT2D eigenvalue weighted by molar-refractivity contribution is 0.0601. The van der Waals surface area contributed by atoms with Crippen LogP contribution in [0.3, 0.4) is 0 Å². The van der Waals surface area contributed by atoms with Gasteiger partial charge in [0.1, 0.15) is 5.82 Å². The van der Waals surface area contributed by atoms with Crippen molar-refractivity contribution in [3.8, 4) is 0 Å². The van der Waals surface area contributed by atoms with Crippen molar-refractivity contribution in [2.75, 3.05) is 17.7 Å². The topological polar surface area (TPSA) is 76.1 Å². The zero-order valence-corrected chi connectivity index (χ0v) is 15.2. The van der Waals surface area contributed by atoms with Crippen LogP contribution in [0, 0.1) is 0 Å². The van der Waals surface area contributed by atoms with E-state index in [1.165, 1.54) is 7.11 Å². The van der Waals surface area contributed by atoms with Gasteiger partial charge in [0.25, 0.3) is 0 Å². The summed E-state index contributed by atoms with van der Waals surface area (Å²) in [5, 5.41) is 7.19. The third kappa shape index (κ3) is 4.41. The number of hydrogen-bond donors (Lipinski definition) is 2. The molecule has 0 aliphatic rings. The highest BCUT2D eigenvalue weighted by Gasteiger charge is 2.10. The molecule has 0 aliphatic carbocycles. The number of hydrogen-bond acceptors (Lipinski definition) is 6. The van der Waals surface area contributed by atoms with E-state index in [9.17, 15) is 4.79 Å². The molecule has 1 heterocycles. The van der Waals surface area contributed by atoms with Gasteiger partial charge in [0.05, 0.1) is 23.4 Å². The van der Waals surface area contributed by atoms with Gasteiger partial charge in [-0.25, -0.2) is 9.78 Å². The Balaban J connectivity index is 1.82. The van der Waals surface area contributed by atoms with E-state index < -0.39 is 5.97 Å². The standard InChI is InChI=1S/C18H14Cl2N4O2/c1-26-17(25)11-5-6-14(20)15(9-11)23-16-7-8-21-18(24-16)22-13-4-2-3-12(19)10-13/h2-10H,1H3,(H2,21,22,23,24). The lowest BCUT2D eigenvalue weighted by Gasteiger charge is -2.11. The summed E-state index contributed by atoms with van der Waals surface area (Å²) in [4.78, 5) is 20.2. The smallest absolute Gasteiger partial charge is 0.337 e. The number of nitrogens with one attached hydrogen (secondary N) is 2. The Kier molecular flexibility index (Phi) is 5.55. The van der Waals surface area contributed by atoms with Gasteiger partial charge in [0.15, 0.2) is 0 Å². The van der Waals surface area contributed by atoms with Gasteiger partial charge in [0, 0.05) is 16.9 Å². The lowest BCUT2D eigenvalue weighted by Crippen LogP contribution is -2.04. The third-order valence-electron chi connectivity index (χ3n) is 3.39. The molecule has 0 bridgehead atoms. The lowest BCUT2D eigenvalue weighted by atomic mass is 10.2. The number of halogens is 2. The van der Waals surface area contributed by atoms with Crippen LogP contribution >= 0.6 is 23.2 Å². The average Bonchev–Trinajstić information content (AvgIpc) is 2.63. The number of aromatic nitrogens is 2. The number of ether oxygens (including phenoxy) is 1. The highest BCUT2D eigenvalue weighted by atomic mass is 35.5. The maximum Gasteiger partial charge on any atom is 0.337 e. The van der Waals surface area contributed by atoms with Crippen molar-refractivity contribution < 1.29 is 9.53 Å². The van der Waals surface area contributed by atoms with Gasteiger partial charge in [0.2, 0.25) is 5.95 Å². The Morgan fingerprint density at radius 1 is 1.08 bits per heavy atom. The summed E-state index contributed by atoms with van der Waals surface area (Å²) in [6.45, 7) is 0. The van der Waals surface area contributed by atoms with E-state index in [4.69, 9.17) is 27.9 Å². The summed E-state index contributed by atoms with van der Waals surface area (Å²) < 4.78 is 4.72. The van der Waals surface area contributed by atoms with Crippen LogP contribution in [0.1, 0.15) is 10.4 Å². The second kappa shape index (κ2) is 8.03. The summed E-state index contributed by atoms with van der Waals surface area (Å²) in [5.74, 6) is 0.446. The van der Waals surface area contributed by atoms with Gasteiger partial charge in [-0.3, -0.25) is 0 Å². The summed E-state index contributed by atoms with van der Waals surface area (Å²) in [5.41, 5.74) is 1.67. The highest BCUT2D eigenvalue weighted by Crippen LogP contribution is 2.27. The molecule has 0 aliphatic heterocycles. The average molecular weight is 389 g/mol. The van der Waals surface area contributed by atoms with Crippen LogP contribution in [0.25, 0.3) is 0 Å². The number of esters is 1. The Labute approximate surface area is 160 Å². The first-order valence-electron chi connectivity index (χ1n) is 7.55. The van der Waals surface area contributed by atoms with E-state index in [0.717, 1.165) is 5.69 Å². The van der Waals surface area contributed by atoms with Gasteiger partial charge in [-0.1, -0.05) is 29.3 Å². The molecule has 26 heavy (non-hydrogen) atoms. The van der Waals surface area contributed by atoms with Crippen LogP contribution in [0.5, 0.6) is 0 Å². The summed E-state index contributed by atoms with van der Waals surface area (Å²) >= 11 is 12.2. The molecule has 3 aromatic rings. The van der Waals surface area contributed by atoms with Crippen molar-refractivity contribution in [3.63, 3.8) is 0 Å². The fourth-order valence-electron chi connectivity index (χ4n) is 2.19. The van der Waals surface area contributed by atoms with Crippen LogP contribution in [-0.2, 0) is 4.74 Å². The van der Waals surface area contributed by atoms with E-state index in [-0.39, 0.29) is 0 Å². The molecule has 0 amide bonds. The van der Waals surface area contributed by atoms with Crippen LogP contribution in [0.15, 0.2) is 54.7 Å². The minimum Gasteiger partial charge on any atom is -0.465 e. The maximum atomic E-state index is 11.7. The predicted molar refractivity (Wildman–Crippen MR) is 103 cm³/mol. The summed E-state index contributed by atoms with van der Waals surface area (Å²) in [6, 6.07) is 13.7. The van der Waals surface area contributed by atoms with Gasteiger partial charge in [-0.2, -0.15) is 4.98 Å². The molecule has 0 fully saturated rings. The molecule has 0 unspecified atom stereocenters. The number of nitrogens with zero attached hydrogens (tertiary/aromatic N) is 2. The molecule has 3 rings (SSSR count). The SMILES string of the molecule is COC(=O)c1ccc(Cl)c(Nc2ccnc(Nc3cccc(Cl)c3)n2)c1. The van der Waals surface area contributed by atoms with E-state index in [0.29, 0.717) is 33.1 Å². The third-order valence-corrected chi connectivity index (χ3v) is 3.95. The maximum absolute atomic E-state index is 11.7. The Morgan fingerprint density at radius 3 is 2.69 bits per heavy atom. The van der Waals surface area contributed by atoms with Gasteiger partial charge < -0.3 is 15.4 Å². The fourth-order valence-corrected chi connectivity index (χ4v) is 2.54. The van der Waals surface area contributed by atoms with E-state index in [1.54, 1.807) is 42.6 Å². The number of benzene rings is 2. The van der Waals surface area contributed by atoms with Crippen LogP contribution in [0.2, 0.25) is 10.0 Å². The second-order valence-corrected chi connectivity index (χ2v) is 6.06. The fraction of sp³-hybridized carbons (Fsp3) is 0.0556. The van der Waals surface area contributed by atoms with Crippen molar-refractivity contribution in [3.05, 3.63) is 70.3 Å². The molecule has 1 aromatic heterocycles. The second-order valence-electron chi connectivity index (χ2n) is 5.21. The van der Waals surface area contributed by atoms with Crippen molar-refractivity contribution in [1.82, 2.24) is 9.97 Å². The highest BCUT2D eigenvalue weighted by molar-refractivity contribution is 6.33. The number of carbonyl (C=O) groups excluding carboxylic acids is 1. The molecule has 8 heteroatoms. The number of carbonyl (C=O) groups is 1. The number of rotatable bonds is 5. The predicted octanol–water partition coefficient (Wildman–Crippen LogP) is 5.06. The number of methoxy groups -OCH3 is 1. The van der Waals surface area contributed by atoms with Crippen molar-refractivity contribution in [2.24, 2.45) is 0 Å². The van der Waals surface area contributed by atoms with Gasteiger partial charge >= 0.3 is 5.97 Å². The van der Waals surface area contributed by atoms with E-state index >= 15 is 0 Å². The molecule has 0 spiro atoms. The quantitative estimate of drug-likeness (QED) is 0.595. The Bertz CT molecular complexity index is 950. The molecule has 0 saturated heterocycles. The van der Waals surface area contributed by atoms with Gasteiger partial charge in [-0.15, -0.1) is 0 Å². The molecule has 0 atom stereocenters. The normalized spacial score (nSPS) is 10.3. The van der Waals surface area contributed by atoms with Crippen LogP contribution < -0.4 is 10.6 Å². The molecule has 0 saturated carbocycles. The molecule has 2 N–H and O–H groups in total. The first-order chi connectivity index (χ1) is 12.5. The van der Waals surface area contributed by atoms with Gasteiger partial charge in [-0.05, 0) is 42.5 Å². The minimum atomic E-state index is -0.448. The Morgan fingerprint density at radius 2 is 1.92 bits per heavy atom. The largest absolute Gasteiger partial charge is 0.465 e. The zero-order chi connectivity index (χ0) is 18.5. The zero-order valence-electron chi connectivity index (χ0n) is 13.7. The Hall–Kier alpha value is -2.83. The molecule has 2 aromatic carbocycles. The van der Waals surface area contributed by atoms with Crippen molar-refractivity contribution in [1.29, 1.82) is 0 Å². The number of anilines is 4. The molecule has 0 radical (unpaired) electrons. The van der Waals surface area contributed by atoms with Crippen LogP contribution in [0.4, 0.5) is 23.1 Å². The molecular formula is C18H14Cl2N4O2. The van der Waals surface area contributed by atoms with E-state index in [2.05, 4.69) is 20.6 Å². The monoisotopic (exact) mass is 388 g/mol. The van der Waals surface area contributed by atoms with Crippen molar-refractivity contribution >= 4 is 52.3 Å². The molecular weight excluding hydrogens is 375 g/mol. The molecule has 132 valence electrons.